The van der Waals surface area contributed by atoms with Crippen molar-refractivity contribution in [3.05, 3.63) is 36.9 Å². The van der Waals surface area contributed by atoms with Crippen LogP contribution in [0, 0.1) is 0 Å². The smallest absolute Gasteiger partial charge is 0.323 e. The number of hydrogen-bond donors (Lipinski definition) is 1. The average molecular weight is 243 g/mol. The minimum absolute atomic E-state index is 0.103. The second kappa shape index (κ2) is 3.99. The maximum atomic E-state index is 10.8. The molecule has 0 saturated heterocycles. The van der Waals surface area contributed by atoms with E-state index in [9.17, 15) is 4.79 Å². The van der Waals surface area contributed by atoms with Crippen LogP contribution in [0.4, 0.5) is 0 Å². The highest BCUT2D eigenvalue weighted by atomic mass is 16.4. The maximum Gasteiger partial charge on any atom is 0.323 e. The van der Waals surface area contributed by atoms with E-state index in [1.807, 2.05) is 24.3 Å². The summed E-state index contributed by atoms with van der Waals surface area (Å²) in [4.78, 5) is 10.8. The SMILES string of the molecule is O=C(O)Cn1cc(-c2nnco2)c2ccccc21. The largest absolute Gasteiger partial charge is 0.480 e. The number of carbonyl (C=O) groups is 1. The summed E-state index contributed by atoms with van der Waals surface area (Å²) in [6.45, 7) is -0.103. The van der Waals surface area contributed by atoms with Crippen LogP contribution in [0.2, 0.25) is 0 Å². The van der Waals surface area contributed by atoms with Gasteiger partial charge in [-0.1, -0.05) is 18.2 Å². The third-order valence-electron chi connectivity index (χ3n) is 2.68. The molecule has 0 saturated carbocycles. The lowest BCUT2D eigenvalue weighted by Crippen LogP contribution is -2.07. The van der Waals surface area contributed by atoms with Gasteiger partial charge < -0.3 is 14.1 Å². The zero-order chi connectivity index (χ0) is 12.5. The molecule has 90 valence electrons. The molecule has 3 rings (SSSR count). The fraction of sp³-hybridized carbons (Fsp3) is 0.0833. The molecule has 1 aromatic carbocycles. The van der Waals surface area contributed by atoms with Crippen molar-refractivity contribution in [1.82, 2.24) is 14.8 Å². The first-order chi connectivity index (χ1) is 8.75. The summed E-state index contributed by atoms with van der Waals surface area (Å²) in [5.74, 6) is -0.511. The summed E-state index contributed by atoms with van der Waals surface area (Å²) in [7, 11) is 0. The van der Waals surface area contributed by atoms with Crippen LogP contribution in [-0.4, -0.2) is 25.8 Å². The maximum absolute atomic E-state index is 10.8. The number of carboxylic acid groups (broad SMARTS) is 1. The van der Waals surface area contributed by atoms with E-state index in [0.717, 1.165) is 16.5 Å². The number of para-hydroxylation sites is 1. The van der Waals surface area contributed by atoms with Gasteiger partial charge in [-0.15, -0.1) is 10.2 Å². The molecule has 0 fully saturated rings. The highest BCUT2D eigenvalue weighted by Crippen LogP contribution is 2.28. The van der Waals surface area contributed by atoms with E-state index in [2.05, 4.69) is 10.2 Å². The van der Waals surface area contributed by atoms with Gasteiger partial charge in [-0.25, -0.2) is 0 Å². The molecule has 1 N–H and O–H groups in total. The second-order valence-electron chi connectivity index (χ2n) is 3.83. The Morgan fingerprint density at radius 2 is 2.22 bits per heavy atom. The van der Waals surface area contributed by atoms with Crippen molar-refractivity contribution >= 4 is 16.9 Å². The molecule has 2 heterocycles. The predicted octanol–water partition coefficient (Wildman–Crippen LogP) is 1.78. The lowest BCUT2D eigenvalue weighted by molar-refractivity contribution is -0.137. The third-order valence-corrected chi connectivity index (χ3v) is 2.68. The third kappa shape index (κ3) is 1.64. The number of carboxylic acids is 1. The van der Waals surface area contributed by atoms with Crippen molar-refractivity contribution in [2.24, 2.45) is 0 Å². The Morgan fingerprint density at radius 3 is 2.94 bits per heavy atom. The van der Waals surface area contributed by atoms with Crippen molar-refractivity contribution in [2.75, 3.05) is 0 Å². The Balaban J connectivity index is 2.24. The first-order valence-corrected chi connectivity index (χ1v) is 5.32. The molecular formula is C12H9N3O3. The van der Waals surface area contributed by atoms with Crippen LogP contribution in [0.3, 0.4) is 0 Å². The van der Waals surface area contributed by atoms with E-state index < -0.39 is 5.97 Å². The Hall–Kier alpha value is -2.63. The van der Waals surface area contributed by atoms with E-state index in [4.69, 9.17) is 9.52 Å². The van der Waals surface area contributed by atoms with Crippen molar-refractivity contribution in [1.29, 1.82) is 0 Å². The molecule has 0 aliphatic rings. The minimum atomic E-state index is -0.896. The Bertz CT molecular complexity index is 701. The standard InChI is InChI=1S/C12H9N3O3/c16-11(17)6-15-5-9(12-14-13-7-18-12)8-3-1-2-4-10(8)15/h1-5,7H,6H2,(H,16,17). The summed E-state index contributed by atoms with van der Waals surface area (Å²) in [6, 6.07) is 7.50. The molecule has 6 nitrogen and oxygen atoms in total. The molecule has 2 aromatic heterocycles. The summed E-state index contributed by atoms with van der Waals surface area (Å²) < 4.78 is 6.81. The van der Waals surface area contributed by atoms with Crippen molar-refractivity contribution < 1.29 is 14.3 Å². The number of fused-ring (bicyclic) bond motifs is 1. The van der Waals surface area contributed by atoms with Gasteiger partial charge in [0, 0.05) is 17.1 Å². The summed E-state index contributed by atoms with van der Waals surface area (Å²) in [5.41, 5.74) is 1.57. The van der Waals surface area contributed by atoms with Crippen molar-refractivity contribution in [3.63, 3.8) is 0 Å². The Morgan fingerprint density at radius 1 is 1.39 bits per heavy atom. The lowest BCUT2D eigenvalue weighted by Gasteiger charge is -1.99. The summed E-state index contributed by atoms with van der Waals surface area (Å²) in [6.07, 6.45) is 2.96. The molecule has 0 aliphatic carbocycles. The number of rotatable bonds is 3. The first kappa shape index (κ1) is 10.5. The molecule has 3 aromatic rings. The predicted molar refractivity (Wildman–Crippen MR) is 62.9 cm³/mol. The average Bonchev–Trinajstić information content (AvgIpc) is 2.96. The van der Waals surface area contributed by atoms with E-state index in [1.54, 1.807) is 10.8 Å². The summed E-state index contributed by atoms with van der Waals surface area (Å²) in [5, 5.41) is 17.3. The molecule has 0 bridgehead atoms. The normalized spacial score (nSPS) is 10.9. The number of hydrogen-bond acceptors (Lipinski definition) is 4. The van der Waals surface area contributed by atoms with Crippen LogP contribution in [0.25, 0.3) is 22.4 Å². The minimum Gasteiger partial charge on any atom is -0.480 e. The van der Waals surface area contributed by atoms with Crippen molar-refractivity contribution in [2.45, 2.75) is 6.54 Å². The van der Waals surface area contributed by atoms with E-state index in [-0.39, 0.29) is 6.54 Å². The first-order valence-electron chi connectivity index (χ1n) is 5.32. The molecule has 0 unspecified atom stereocenters. The highest BCUT2D eigenvalue weighted by molar-refractivity contribution is 5.94. The Labute approximate surface area is 101 Å². The zero-order valence-corrected chi connectivity index (χ0v) is 9.28. The highest BCUT2D eigenvalue weighted by Gasteiger charge is 2.14. The number of aliphatic carboxylic acids is 1. The van der Waals surface area contributed by atoms with Gasteiger partial charge >= 0.3 is 5.97 Å². The van der Waals surface area contributed by atoms with Crippen LogP contribution < -0.4 is 0 Å². The van der Waals surface area contributed by atoms with Crippen LogP contribution in [0.15, 0.2) is 41.3 Å². The van der Waals surface area contributed by atoms with Crippen LogP contribution >= 0.6 is 0 Å². The number of aromatic nitrogens is 3. The number of nitrogens with zero attached hydrogens (tertiary/aromatic N) is 3. The molecule has 0 aliphatic heterocycles. The van der Waals surface area contributed by atoms with E-state index in [0.29, 0.717) is 5.89 Å². The van der Waals surface area contributed by atoms with Gasteiger partial charge in [0.1, 0.15) is 6.54 Å². The topological polar surface area (TPSA) is 81.1 Å². The fourth-order valence-corrected chi connectivity index (χ4v) is 1.98. The van der Waals surface area contributed by atoms with Gasteiger partial charge in [-0.05, 0) is 6.07 Å². The van der Waals surface area contributed by atoms with E-state index in [1.165, 1.54) is 6.39 Å². The fourth-order valence-electron chi connectivity index (χ4n) is 1.98. The van der Waals surface area contributed by atoms with Crippen molar-refractivity contribution in [3.8, 4) is 11.5 Å². The van der Waals surface area contributed by atoms with Gasteiger partial charge in [0.05, 0.1) is 5.56 Å². The molecule has 0 amide bonds. The quantitative estimate of drug-likeness (QED) is 0.758. The van der Waals surface area contributed by atoms with Crippen LogP contribution in [-0.2, 0) is 11.3 Å². The lowest BCUT2D eigenvalue weighted by atomic mass is 10.2. The van der Waals surface area contributed by atoms with Crippen LogP contribution in [0.5, 0.6) is 0 Å². The van der Waals surface area contributed by atoms with Gasteiger partial charge in [-0.2, -0.15) is 0 Å². The monoisotopic (exact) mass is 243 g/mol. The van der Waals surface area contributed by atoms with E-state index >= 15 is 0 Å². The second-order valence-corrected chi connectivity index (χ2v) is 3.83. The molecular weight excluding hydrogens is 234 g/mol. The zero-order valence-electron chi connectivity index (χ0n) is 9.28. The molecule has 18 heavy (non-hydrogen) atoms. The number of benzene rings is 1. The van der Waals surface area contributed by atoms with Gasteiger partial charge in [-0.3, -0.25) is 4.79 Å². The molecule has 0 atom stereocenters. The summed E-state index contributed by atoms with van der Waals surface area (Å²) >= 11 is 0. The molecule has 0 spiro atoms. The Kier molecular flexibility index (Phi) is 2.33. The van der Waals surface area contributed by atoms with Crippen LogP contribution in [0.1, 0.15) is 0 Å². The van der Waals surface area contributed by atoms with Gasteiger partial charge in [0.2, 0.25) is 12.3 Å². The molecule has 6 heteroatoms. The van der Waals surface area contributed by atoms with Gasteiger partial charge in [0.25, 0.3) is 0 Å². The van der Waals surface area contributed by atoms with Gasteiger partial charge in [0.15, 0.2) is 0 Å². The molecule has 0 radical (unpaired) electrons.